The van der Waals surface area contributed by atoms with E-state index in [0.29, 0.717) is 17.5 Å². The SMILES string of the molecule is CC(C)c1csc(NC(=O)CCCOc2ccccc2[N+](=O)[O-])n1. The van der Waals surface area contributed by atoms with Crippen LogP contribution in [0.5, 0.6) is 5.75 Å². The van der Waals surface area contributed by atoms with Crippen LogP contribution < -0.4 is 10.1 Å². The number of nitro groups is 1. The molecule has 2 rings (SSSR count). The Bertz CT molecular complexity index is 715. The molecule has 0 unspecified atom stereocenters. The number of thiazole rings is 1. The minimum absolute atomic E-state index is 0.0778. The number of benzene rings is 1. The monoisotopic (exact) mass is 349 g/mol. The Balaban J connectivity index is 1.76. The first kappa shape index (κ1) is 17.9. The number of carbonyl (C=O) groups is 1. The summed E-state index contributed by atoms with van der Waals surface area (Å²) in [7, 11) is 0. The number of ether oxygens (including phenoxy) is 1. The normalized spacial score (nSPS) is 10.6. The van der Waals surface area contributed by atoms with E-state index in [1.54, 1.807) is 18.2 Å². The largest absolute Gasteiger partial charge is 0.487 e. The number of carbonyl (C=O) groups excluding carboxylic acids is 1. The molecule has 1 aromatic carbocycles. The first-order valence-corrected chi connectivity index (χ1v) is 8.47. The van der Waals surface area contributed by atoms with Gasteiger partial charge in [-0.05, 0) is 18.4 Å². The molecule has 0 aliphatic carbocycles. The van der Waals surface area contributed by atoms with Crippen molar-refractivity contribution < 1.29 is 14.5 Å². The lowest BCUT2D eigenvalue weighted by Gasteiger charge is -2.06. The second-order valence-electron chi connectivity index (χ2n) is 5.46. The number of rotatable bonds is 8. The molecule has 128 valence electrons. The van der Waals surface area contributed by atoms with E-state index in [9.17, 15) is 14.9 Å². The number of amides is 1. The Morgan fingerprint density at radius 3 is 2.83 bits per heavy atom. The van der Waals surface area contributed by atoms with E-state index in [1.807, 2.05) is 19.2 Å². The van der Waals surface area contributed by atoms with Crippen molar-refractivity contribution in [2.24, 2.45) is 0 Å². The zero-order valence-corrected chi connectivity index (χ0v) is 14.3. The molecule has 1 amide bonds. The van der Waals surface area contributed by atoms with Gasteiger partial charge in [0, 0.05) is 17.9 Å². The van der Waals surface area contributed by atoms with Crippen molar-refractivity contribution in [1.82, 2.24) is 4.98 Å². The highest BCUT2D eigenvalue weighted by atomic mass is 32.1. The molecule has 24 heavy (non-hydrogen) atoms. The molecule has 7 nitrogen and oxygen atoms in total. The van der Waals surface area contributed by atoms with Crippen LogP contribution in [-0.2, 0) is 4.79 Å². The predicted molar refractivity (Wildman–Crippen MR) is 92.7 cm³/mol. The van der Waals surface area contributed by atoms with Crippen LogP contribution in [0.4, 0.5) is 10.8 Å². The van der Waals surface area contributed by atoms with Crippen molar-refractivity contribution in [2.75, 3.05) is 11.9 Å². The van der Waals surface area contributed by atoms with Gasteiger partial charge in [-0.2, -0.15) is 0 Å². The van der Waals surface area contributed by atoms with Gasteiger partial charge in [-0.25, -0.2) is 4.98 Å². The Morgan fingerprint density at radius 1 is 1.42 bits per heavy atom. The van der Waals surface area contributed by atoms with Gasteiger partial charge in [-0.1, -0.05) is 26.0 Å². The molecule has 0 aliphatic rings. The average molecular weight is 349 g/mol. The molecule has 0 spiro atoms. The highest BCUT2D eigenvalue weighted by Gasteiger charge is 2.14. The Labute approximate surface area is 143 Å². The van der Waals surface area contributed by atoms with Crippen LogP contribution in [0.1, 0.15) is 38.3 Å². The van der Waals surface area contributed by atoms with Crippen molar-refractivity contribution in [3.63, 3.8) is 0 Å². The topological polar surface area (TPSA) is 94.4 Å². The summed E-state index contributed by atoms with van der Waals surface area (Å²) in [6.45, 7) is 4.31. The summed E-state index contributed by atoms with van der Waals surface area (Å²) in [4.78, 5) is 26.6. The van der Waals surface area contributed by atoms with E-state index >= 15 is 0 Å². The molecule has 1 heterocycles. The number of nitrogens with zero attached hydrogens (tertiary/aromatic N) is 2. The van der Waals surface area contributed by atoms with Crippen LogP contribution in [-0.4, -0.2) is 22.4 Å². The van der Waals surface area contributed by atoms with Crippen molar-refractivity contribution >= 4 is 28.1 Å². The fourth-order valence-corrected chi connectivity index (χ4v) is 2.82. The zero-order chi connectivity index (χ0) is 17.5. The summed E-state index contributed by atoms with van der Waals surface area (Å²) in [5, 5.41) is 16.1. The van der Waals surface area contributed by atoms with Gasteiger partial charge in [-0.3, -0.25) is 14.9 Å². The van der Waals surface area contributed by atoms with E-state index < -0.39 is 4.92 Å². The van der Waals surface area contributed by atoms with E-state index in [4.69, 9.17) is 4.74 Å². The van der Waals surface area contributed by atoms with Crippen molar-refractivity contribution in [3.8, 4) is 5.75 Å². The third-order valence-corrected chi connectivity index (χ3v) is 4.00. The first-order chi connectivity index (χ1) is 11.5. The highest BCUT2D eigenvalue weighted by molar-refractivity contribution is 7.13. The molecule has 1 aromatic heterocycles. The average Bonchev–Trinajstić information content (AvgIpc) is 3.00. The number of nitro benzene ring substituents is 1. The molecule has 0 fully saturated rings. The van der Waals surface area contributed by atoms with E-state index in [0.717, 1.165) is 5.69 Å². The van der Waals surface area contributed by atoms with Gasteiger partial charge in [0.25, 0.3) is 0 Å². The third kappa shape index (κ3) is 5.02. The lowest BCUT2D eigenvalue weighted by Crippen LogP contribution is -2.13. The molecule has 0 bridgehead atoms. The zero-order valence-electron chi connectivity index (χ0n) is 13.5. The van der Waals surface area contributed by atoms with Crippen LogP contribution in [0.3, 0.4) is 0 Å². The van der Waals surface area contributed by atoms with Gasteiger partial charge < -0.3 is 10.1 Å². The van der Waals surface area contributed by atoms with Crippen LogP contribution >= 0.6 is 11.3 Å². The van der Waals surface area contributed by atoms with Crippen molar-refractivity contribution in [1.29, 1.82) is 0 Å². The standard InChI is InChI=1S/C16H19N3O4S/c1-11(2)12-10-24-16(17-12)18-15(20)8-5-9-23-14-7-4-3-6-13(14)19(21)22/h3-4,6-7,10-11H,5,8-9H2,1-2H3,(H,17,18,20). The lowest BCUT2D eigenvalue weighted by atomic mass is 10.2. The second kappa shape index (κ2) is 8.39. The molecular formula is C16H19N3O4S. The number of nitrogens with one attached hydrogen (secondary N) is 1. The number of para-hydroxylation sites is 2. The minimum atomic E-state index is -0.489. The van der Waals surface area contributed by atoms with Crippen LogP contribution in [0, 0.1) is 10.1 Å². The Morgan fingerprint density at radius 2 is 2.17 bits per heavy atom. The van der Waals surface area contributed by atoms with E-state index in [2.05, 4.69) is 10.3 Å². The summed E-state index contributed by atoms with van der Waals surface area (Å²) in [5.41, 5.74) is 0.876. The maximum absolute atomic E-state index is 11.9. The van der Waals surface area contributed by atoms with Crippen LogP contribution in [0.25, 0.3) is 0 Å². The van der Waals surface area contributed by atoms with E-state index in [-0.39, 0.29) is 30.4 Å². The summed E-state index contributed by atoms with van der Waals surface area (Å²) in [5.74, 6) is 0.386. The lowest BCUT2D eigenvalue weighted by molar-refractivity contribution is -0.385. The molecule has 0 atom stereocenters. The summed E-state index contributed by atoms with van der Waals surface area (Å²) < 4.78 is 5.40. The molecule has 8 heteroatoms. The summed E-state index contributed by atoms with van der Waals surface area (Å²) in [6.07, 6.45) is 0.720. The van der Waals surface area contributed by atoms with Crippen molar-refractivity contribution in [2.45, 2.75) is 32.6 Å². The molecule has 0 saturated carbocycles. The number of anilines is 1. The van der Waals surface area contributed by atoms with Gasteiger partial charge in [0.2, 0.25) is 5.91 Å². The van der Waals surface area contributed by atoms with Crippen molar-refractivity contribution in [3.05, 3.63) is 45.5 Å². The fourth-order valence-electron chi connectivity index (χ4n) is 1.94. The fraction of sp³-hybridized carbons (Fsp3) is 0.375. The van der Waals surface area contributed by atoms with Crippen LogP contribution in [0.2, 0.25) is 0 Å². The molecule has 0 radical (unpaired) electrons. The molecule has 2 aromatic rings. The van der Waals surface area contributed by atoms with Gasteiger partial charge in [0.15, 0.2) is 10.9 Å². The number of aromatic nitrogens is 1. The van der Waals surface area contributed by atoms with Gasteiger partial charge in [-0.15, -0.1) is 11.3 Å². The summed E-state index contributed by atoms with van der Waals surface area (Å²) >= 11 is 1.40. The third-order valence-electron chi connectivity index (χ3n) is 3.23. The molecular weight excluding hydrogens is 330 g/mol. The highest BCUT2D eigenvalue weighted by Crippen LogP contribution is 2.26. The molecule has 0 saturated heterocycles. The van der Waals surface area contributed by atoms with Crippen LogP contribution in [0.15, 0.2) is 29.6 Å². The molecule has 1 N–H and O–H groups in total. The number of hydrogen-bond acceptors (Lipinski definition) is 6. The Kier molecular flexibility index (Phi) is 6.25. The van der Waals surface area contributed by atoms with Gasteiger partial charge in [0.1, 0.15) is 0 Å². The minimum Gasteiger partial charge on any atom is -0.487 e. The quantitative estimate of drug-likeness (QED) is 0.442. The molecule has 0 aliphatic heterocycles. The Hall–Kier alpha value is -2.48. The second-order valence-corrected chi connectivity index (χ2v) is 6.32. The summed E-state index contributed by atoms with van der Waals surface area (Å²) in [6, 6.07) is 6.18. The van der Waals surface area contributed by atoms with Gasteiger partial charge >= 0.3 is 5.69 Å². The smallest absolute Gasteiger partial charge is 0.310 e. The van der Waals surface area contributed by atoms with E-state index in [1.165, 1.54) is 17.4 Å². The van der Waals surface area contributed by atoms with Gasteiger partial charge in [0.05, 0.1) is 17.2 Å². The maximum atomic E-state index is 11.9. The predicted octanol–water partition coefficient (Wildman–Crippen LogP) is 3.97. The number of hydrogen-bond donors (Lipinski definition) is 1. The first-order valence-electron chi connectivity index (χ1n) is 7.59. The maximum Gasteiger partial charge on any atom is 0.310 e.